The van der Waals surface area contributed by atoms with Crippen LogP contribution in [0.15, 0.2) is 0 Å². The zero-order chi connectivity index (χ0) is 11.7. The number of hydrogen-bond acceptors (Lipinski definition) is 2. The molecule has 0 aromatic heterocycles. The molecule has 4 heteroatoms. The first-order chi connectivity index (χ1) is 7.04. The van der Waals surface area contributed by atoms with Crippen LogP contribution in [0.3, 0.4) is 0 Å². The van der Waals surface area contributed by atoms with Gasteiger partial charge in [0.2, 0.25) is 5.91 Å². The summed E-state index contributed by atoms with van der Waals surface area (Å²) in [6.45, 7) is 7.67. The molecule has 0 aliphatic heterocycles. The molecule has 0 aromatic carbocycles. The van der Waals surface area contributed by atoms with Crippen LogP contribution in [0.2, 0.25) is 0 Å². The summed E-state index contributed by atoms with van der Waals surface area (Å²) in [4.78, 5) is 11.5. The maximum atomic E-state index is 11.5. The molecule has 3 nitrogen and oxygen atoms in total. The van der Waals surface area contributed by atoms with E-state index in [-0.39, 0.29) is 5.91 Å². The molecule has 1 amide bonds. The molecule has 0 aliphatic carbocycles. The predicted molar refractivity (Wildman–Crippen MR) is 63.2 cm³/mol. The van der Waals surface area contributed by atoms with Gasteiger partial charge in [0.1, 0.15) is 0 Å². The van der Waals surface area contributed by atoms with Gasteiger partial charge in [0, 0.05) is 19.0 Å². The largest absolute Gasteiger partial charge is 0.380 e. The Hall–Kier alpha value is -0.280. The third-order valence-corrected chi connectivity index (χ3v) is 2.79. The Labute approximate surface area is 97.5 Å². The molecule has 15 heavy (non-hydrogen) atoms. The summed E-state index contributed by atoms with van der Waals surface area (Å²) in [5.41, 5.74) is -0.495. The summed E-state index contributed by atoms with van der Waals surface area (Å²) < 4.78 is 5.32. The van der Waals surface area contributed by atoms with Crippen molar-refractivity contribution in [2.75, 3.05) is 25.6 Å². The topological polar surface area (TPSA) is 38.3 Å². The molecule has 90 valence electrons. The molecule has 0 aliphatic rings. The van der Waals surface area contributed by atoms with Crippen molar-refractivity contribution < 1.29 is 9.53 Å². The number of alkyl halides is 1. The van der Waals surface area contributed by atoms with Crippen molar-refractivity contribution in [1.29, 1.82) is 0 Å². The van der Waals surface area contributed by atoms with E-state index in [2.05, 4.69) is 12.2 Å². The lowest BCUT2D eigenvalue weighted by Gasteiger charge is -2.20. The van der Waals surface area contributed by atoms with Crippen LogP contribution in [0.25, 0.3) is 0 Å². The number of carbonyl (C=O) groups excluding carboxylic acids is 1. The van der Waals surface area contributed by atoms with Crippen molar-refractivity contribution in [2.45, 2.75) is 33.6 Å². The van der Waals surface area contributed by atoms with E-state index in [1.807, 2.05) is 13.8 Å². The molecular weight excluding hydrogens is 214 g/mol. The van der Waals surface area contributed by atoms with Crippen molar-refractivity contribution in [1.82, 2.24) is 5.32 Å². The minimum atomic E-state index is -0.495. The third kappa shape index (κ3) is 6.74. The van der Waals surface area contributed by atoms with Gasteiger partial charge >= 0.3 is 0 Å². The van der Waals surface area contributed by atoms with E-state index >= 15 is 0 Å². The molecule has 0 aromatic rings. The second kappa shape index (κ2) is 7.94. The number of unbranched alkanes of at least 4 members (excludes halogenated alkanes) is 1. The Morgan fingerprint density at radius 1 is 1.40 bits per heavy atom. The highest BCUT2D eigenvalue weighted by molar-refractivity contribution is 6.19. The summed E-state index contributed by atoms with van der Waals surface area (Å²) in [5, 5.41) is 2.80. The number of ether oxygens (including phenoxy) is 1. The van der Waals surface area contributed by atoms with Gasteiger partial charge in [0.25, 0.3) is 0 Å². The third-order valence-electron chi connectivity index (χ3n) is 2.12. The molecule has 1 N–H and O–H groups in total. The molecule has 0 saturated heterocycles. The molecule has 0 unspecified atom stereocenters. The van der Waals surface area contributed by atoms with Crippen LogP contribution in [0.5, 0.6) is 0 Å². The smallest absolute Gasteiger partial charge is 0.226 e. The lowest BCUT2D eigenvalue weighted by molar-refractivity contribution is -0.128. The second-order valence-corrected chi connectivity index (χ2v) is 4.51. The van der Waals surface area contributed by atoms with Crippen LogP contribution in [0.1, 0.15) is 33.6 Å². The first kappa shape index (κ1) is 14.7. The highest BCUT2D eigenvalue weighted by atomic mass is 35.5. The van der Waals surface area contributed by atoms with Crippen LogP contribution < -0.4 is 5.32 Å². The van der Waals surface area contributed by atoms with Crippen LogP contribution in [-0.2, 0) is 9.53 Å². The molecule has 0 heterocycles. The summed E-state index contributed by atoms with van der Waals surface area (Å²) in [7, 11) is 0. The minimum Gasteiger partial charge on any atom is -0.380 e. The van der Waals surface area contributed by atoms with E-state index in [0.717, 1.165) is 19.4 Å². The zero-order valence-corrected chi connectivity index (χ0v) is 10.7. The monoisotopic (exact) mass is 235 g/mol. The van der Waals surface area contributed by atoms with E-state index in [0.29, 0.717) is 19.0 Å². The van der Waals surface area contributed by atoms with Gasteiger partial charge in [-0.15, -0.1) is 11.6 Å². The standard InChI is InChI=1S/C11H22ClNO2/c1-4-5-7-15-8-6-13-10(14)11(2,3)9-12/h4-9H2,1-3H3,(H,13,14). The Balaban J connectivity index is 3.47. The first-order valence-corrected chi connectivity index (χ1v) is 6.00. The maximum Gasteiger partial charge on any atom is 0.226 e. The van der Waals surface area contributed by atoms with Gasteiger partial charge in [-0.05, 0) is 20.3 Å². The molecule has 0 bridgehead atoms. The molecular formula is C11H22ClNO2. The molecule has 0 rings (SSSR count). The Kier molecular flexibility index (Phi) is 7.79. The molecule has 0 fully saturated rings. The highest BCUT2D eigenvalue weighted by Crippen LogP contribution is 2.16. The first-order valence-electron chi connectivity index (χ1n) is 5.46. The quantitative estimate of drug-likeness (QED) is 0.517. The van der Waals surface area contributed by atoms with Crippen molar-refractivity contribution in [2.24, 2.45) is 5.41 Å². The summed E-state index contributed by atoms with van der Waals surface area (Å²) in [6, 6.07) is 0. The van der Waals surface area contributed by atoms with Gasteiger partial charge < -0.3 is 10.1 Å². The van der Waals surface area contributed by atoms with E-state index in [1.54, 1.807) is 0 Å². The number of amides is 1. The van der Waals surface area contributed by atoms with Crippen molar-refractivity contribution in [3.8, 4) is 0 Å². The van der Waals surface area contributed by atoms with Gasteiger partial charge in [-0.2, -0.15) is 0 Å². The lowest BCUT2D eigenvalue weighted by atomic mass is 9.95. The molecule has 0 radical (unpaired) electrons. The minimum absolute atomic E-state index is 0.0170. The number of carbonyl (C=O) groups is 1. The van der Waals surface area contributed by atoms with E-state index < -0.39 is 5.41 Å². The lowest BCUT2D eigenvalue weighted by Crippen LogP contribution is -2.39. The average molecular weight is 236 g/mol. The summed E-state index contributed by atoms with van der Waals surface area (Å²) >= 11 is 5.68. The highest BCUT2D eigenvalue weighted by Gasteiger charge is 2.25. The van der Waals surface area contributed by atoms with Gasteiger partial charge in [-0.3, -0.25) is 4.79 Å². The molecule has 0 spiro atoms. The fraction of sp³-hybridized carbons (Fsp3) is 0.909. The van der Waals surface area contributed by atoms with Crippen LogP contribution in [0, 0.1) is 5.41 Å². The number of rotatable bonds is 8. The van der Waals surface area contributed by atoms with Gasteiger partial charge in [-0.25, -0.2) is 0 Å². The molecule has 0 saturated carbocycles. The van der Waals surface area contributed by atoms with E-state index in [4.69, 9.17) is 16.3 Å². The van der Waals surface area contributed by atoms with Crippen LogP contribution >= 0.6 is 11.6 Å². The average Bonchev–Trinajstić information content (AvgIpc) is 2.22. The number of halogens is 1. The van der Waals surface area contributed by atoms with E-state index in [9.17, 15) is 4.79 Å². The van der Waals surface area contributed by atoms with Gasteiger partial charge in [0.05, 0.1) is 12.0 Å². The normalized spacial score (nSPS) is 11.5. The fourth-order valence-electron chi connectivity index (χ4n) is 0.885. The summed E-state index contributed by atoms with van der Waals surface area (Å²) in [5.74, 6) is 0.312. The van der Waals surface area contributed by atoms with Crippen molar-refractivity contribution in [3.05, 3.63) is 0 Å². The Morgan fingerprint density at radius 3 is 2.60 bits per heavy atom. The number of hydrogen-bond donors (Lipinski definition) is 1. The number of nitrogens with one attached hydrogen (secondary N) is 1. The van der Waals surface area contributed by atoms with Crippen LogP contribution in [0.4, 0.5) is 0 Å². The summed E-state index contributed by atoms with van der Waals surface area (Å²) in [6.07, 6.45) is 2.20. The second-order valence-electron chi connectivity index (χ2n) is 4.24. The van der Waals surface area contributed by atoms with E-state index in [1.165, 1.54) is 0 Å². The van der Waals surface area contributed by atoms with Gasteiger partial charge in [-0.1, -0.05) is 13.3 Å². The SMILES string of the molecule is CCCCOCCNC(=O)C(C)(C)CCl. The van der Waals surface area contributed by atoms with Crippen molar-refractivity contribution >= 4 is 17.5 Å². The Morgan fingerprint density at radius 2 is 2.07 bits per heavy atom. The Bertz CT molecular complexity index is 183. The molecule has 0 atom stereocenters. The van der Waals surface area contributed by atoms with Crippen molar-refractivity contribution in [3.63, 3.8) is 0 Å². The zero-order valence-electron chi connectivity index (χ0n) is 9.94. The predicted octanol–water partition coefficient (Wildman–Crippen LogP) is 2.18. The van der Waals surface area contributed by atoms with Crippen LogP contribution in [-0.4, -0.2) is 31.5 Å². The van der Waals surface area contributed by atoms with Gasteiger partial charge in [0.15, 0.2) is 0 Å². The fourth-order valence-corrected chi connectivity index (χ4v) is 1.01. The maximum absolute atomic E-state index is 11.5.